The highest BCUT2D eigenvalue weighted by atomic mass is 16.1. The van der Waals surface area contributed by atoms with E-state index in [1.165, 1.54) is 18.4 Å². The Kier molecular flexibility index (Phi) is 6.18. The molecule has 116 valence electrons. The third-order valence-corrected chi connectivity index (χ3v) is 4.47. The third kappa shape index (κ3) is 4.81. The number of carbonyl (C=O) groups is 1. The molecule has 1 saturated heterocycles. The summed E-state index contributed by atoms with van der Waals surface area (Å²) in [4.78, 5) is 16.5. The predicted octanol–water partition coefficient (Wildman–Crippen LogP) is 2.29. The number of hydrogen-bond donors (Lipinski definition) is 2. The summed E-state index contributed by atoms with van der Waals surface area (Å²) in [5, 5.41) is 6.44. The van der Waals surface area contributed by atoms with Crippen molar-refractivity contribution in [3.05, 3.63) is 29.6 Å². The molecule has 1 aliphatic rings. The number of hydrogen-bond acceptors (Lipinski definition) is 3. The number of nitrogens with zero attached hydrogens (tertiary/aromatic N) is 1. The van der Waals surface area contributed by atoms with Crippen LogP contribution in [0, 0.1) is 11.8 Å². The normalized spacial score (nSPS) is 20.0. The molecule has 2 atom stereocenters. The molecule has 1 aromatic heterocycles. The molecule has 0 saturated carbocycles. The number of aryl methyl sites for hydroxylation is 1. The molecule has 1 aromatic rings. The van der Waals surface area contributed by atoms with Gasteiger partial charge >= 0.3 is 0 Å². The van der Waals surface area contributed by atoms with Gasteiger partial charge in [-0.15, -0.1) is 0 Å². The van der Waals surface area contributed by atoms with Gasteiger partial charge in [-0.1, -0.05) is 19.9 Å². The molecule has 4 heteroatoms. The van der Waals surface area contributed by atoms with Crippen molar-refractivity contribution in [3.63, 3.8) is 0 Å². The summed E-state index contributed by atoms with van der Waals surface area (Å²) in [6.45, 7) is 7.01. The summed E-state index contributed by atoms with van der Waals surface area (Å²) in [5.74, 6) is 1.21. The highest BCUT2D eigenvalue weighted by Crippen LogP contribution is 2.22. The van der Waals surface area contributed by atoms with E-state index in [4.69, 9.17) is 0 Å². The van der Waals surface area contributed by atoms with Crippen molar-refractivity contribution in [1.82, 2.24) is 15.6 Å². The van der Waals surface area contributed by atoms with Crippen LogP contribution in [0.3, 0.4) is 0 Å². The van der Waals surface area contributed by atoms with Gasteiger partial charge in [-0.05, 0) is 55.8 Å². The van der Waals surface area contributed by atoms with Gasteiger partial charge in [0, 0.05) is 12.6 Å². The molecule has 1 fully saturated rings. The van der Waals surface area contributed by atoms with Gasteiger partial charge in [0.2, 0.25) is 5.91 Å². The molecule has 0 radical (unpaired) electrons. The van der Waals surface area contributed by atoms with Gasteiger partial charge in [0.1, 0.15) is 0 Å². The Morgan fingerprint density at radius 2 is 2.43 bits per heavy atom. The lowest BCUT2D eigenvalue weighted by Gasteiger charge is -2.28. The maximum absolute atomic E-state index is 12.1. The maximum atomic E-state index is 12.1. The van der Waals surface area contributed by atoms with E-state index in [0.29, 0.717) is 24.8 Å². The molecular weight excluding hydrogens is 262 g/mol. The average molecular weight is 289 g/mol. The molecule has 4 nitrogen and oxygen atoms in total. The molecule has 0 bridgehead atoms. The number of rotatable bonds is 6. The zero-order valence-corrected chi connectivity index (χ0v) is 13.2. The van der Waals surface area contributed by atoms with Crippen molar-refractivity contribution in [2.24, 2.45) is 11.8 Å². The zero-order chi connectivity index (χ0) is 15.1. The molecule has 1 aliphatic heterocycles. The van der Waals surface area contributed by atoms with Gasteiger partial charge in [0.05, 0.1) is 12.2 Å². The van der Waals surface area contributed by atoms with E-state index < -0.39 is 0 Å². The van der Waals surface area contributed by atoms with Gasteiger partial charge in [0.15, 0.2) is 0 Å². The van der Waals surface area contributed by atoms with Crippen molar-refractivity contribution in [3.8, 4) is 0 Å². The topological polar surface area (TPSA) is 54.0 Å². The Balaban J connectivity index is 1.78. The molecule has 0 aliphatic carbocycles. The van der Waals surface area contributed by atoms with E-state index in [1.54, 1.807) is 6.20 Å². The van der Waals surface area contributed by atoms with E-state index in [1.807, 2.05) is 6.07 Å². The molecule has 1 amide bonds. The highest BCUT2D eigenvalue weighted by Gasteiger charge is 2.21. The second kappa shape index (κ2) is 8.13. The number of nitrogens with one attached hydrogen (secondary N) is 2. The van der Waals surface area contributed by atoms with Gasteiger partial charge in [-0.3, -0.25) is 9.78 Å². The van der Waals surface area contributed by atoms with Gasteiger partial charge < -0.3 is 10.6 Å². The second-order valence-electron chi connectivity index (χ2n) is 6.03. The molecule has 0 aromatic carbocycles. The molecule has 21 heavy (non-hydrogen) atoms. The Morgan fingerprint density at radius 3 is 3.14 bits per heavy atom. The van der Waals surface area contributed by atoms with Crippen molar-refractivity contribution in [2.45, 2.75) is 46.1 Å². The minimum atomic E-state index is 0.140. The molecular formula is C17H27N3O. The summed E-state index contributed by atoms with van der Waals surface area (Å²) in [7, 11) is 0. The van der Waals surface area contributed by atoms with Crippen LogP contribution in [-0.2, 0) is 17.8 Å². The largest absolute Gasteiger partial charge is 0.350 e. The number of piperidine rings is 1. The second-order valence-corrected chi connectivity index (χ2v) is 6.03. The van der Waals surface area contributed by atoms with E-state index in [-0.39, 0.29) is 5.91 Å². The summed E-state index contributed by atoms with van der Waals surface area (Å²) in [6.07, 6.45) is 5.81. The van der Waals surface area contributed by atoms with E-state index in [9.17, 15) is 4.79 Å². The first-order valence-corrected chi connectivity index (χ1v) is 8.11. The summed E-state index contributed by atoms with van der Waals surface area (Å²) >= 11 is 0. The number of amides is 1. The minimum Gasteiger partial charge on any atom is -0.350 e. The van der Waals surface area contributed by atoms with Crippen LogP contribution in [0.15, 0.2) is 18.3 Å². The van der Waals surface area contributed by atoms with E-state index in [2.05, 4.69) is 35.5 Å². The van der Waals surface area contributed by atoms with Crippen LogP contribution in [0.25, 0.3) is 0 Å². The first-order valence-electron chi connectivity index (χ1n) is 8.11. The predicted molar refractivity (Wildman–Crippen MR) is 84.8 cm³/mol. The maximum Gasteiger partial charge on any atom is 0.220 e. The standard InChI is InChI=1S/C17H27N3O/c1-3-14-6-5-9-19-16(14)12-20-17(21)10-13(2)15-7-4-8-18-11-15/h5-6,9,13,15,18H,3-4,7-8,10-12H2,1-2H3,(H,20,21). The van der Waals surface area contributed by atoms with Crippen molar-refractivity contribution in [2.75, 3.05) is 13.1 Å². The van der Waals surface area contributed by atoms with Crippen LogP contribution in [-0.4, -0.2) is 24.0 Å². The smallest absolute Gasteiger partial charge is 0.220 e. The van der Waals surface area contributed by atoms with Crippen LogP contribution in [0.2, 0.25) is 0 Å². The van der Waals surface area contributed by atoms with Crippen LogP contribution in [0.1, 0.15) is 44.4 Å². The van der Waals surface area contributed by atoms with Gasteiger partial charge in [0.25, 0.3) is 0 Å². The lowest BCUT2D eigenvalue weighted by molar-refractivity contribution is -0.122. The Labute approximate surface area is 127 Å². The monoisotopic (exact) mass is 289 g/mol. The van der Waals surface area contributed by atoms with Crippen LogP contribution >= 0.6 is 0 Å². The number of carbonyl (C=O) groups excluding carboxylic acids is 1. The fourth-order valence-electron chi connectivity index (χ4n) is 3.03. The zero-order valence-electron chi connectivity index (χ0n) is 13.2. The molecule has 2 heterocycles. The summed E-state index contributed by atoms with van der Waals surface area (Å²) in [5.41, 5.74) is 2.20. The van der Waals surface area contributed by atoms with Crippen LogP contribution in [0.5, 0.6) is 0 Å². The lowest BCUT2D eigenvalue weighted by Crippen LogP contribution is -2.35. The van der Waals surface area contributed by atoms with Crippen molar-refractivity contribution in [1.29, 1.82) is 0 Å². The van der Waals surface area contributed by atoms with E-state index >= 15 is 0 Å². The highest BCUT2D eigenvalue weighted by molar-refractivity contribution is 5.76. The SMILES string of the molecule is CCc1cccnc1CNC(=O)CC(C)C1CCCNC1. The average Bonchev–Trinajstić information content (AvgIpc) is 2.54. The Hall–Kier alpha value is -1.42. The van der Waals surface area contributed by atoms with Gasteiger partial charge in [-0.25, -0.2) is 0 Å². The number of aromatic nitrogens is 1. The first-order chi connectivity index (χ1) is 10.2. The minimum absolute atomic E-state index is 0.140. The molecule has 2 rings (SSSR count). The van der Waals surface area contributed by atoms with Crippen LogP contribution in [0.4, 0.5) is 0 Å². The van der Waals surface area contributed by atoms with Crippen molar-refractivity contribution < 1.29 is 4.79 Å². The summed E-state index contributed by atoms with van der Waals surface area (Å²) in [6, 6.07) is 4.02. The Bertz CT molecular complexity index is 455. The fraction of sp³-hybridized carbons (Fsp3) is 0.647. The molecule has 2 N–H and O–H groups in total. The lowest BCUT2D eigenvalue weighted by atomic mass is 9.85. The van der Waals surface area contributed by atoms with Gasteiger partial charge in [-0.2, -0.15) is 0 Å². The van der Waals surface area contributed by atoms with E-state index in [0.717, 1.165) is 25.2 Å². The van der Waals surface area contributed by atoms with Crippen LogP contribution < -0.4 is 10.6 Å². The van der Waals surface area contributed by atoms with Crippen molar-refractivity contribution >= 4 is 5.91 Å². The first kappa shape index (κ1) is 16.0. The number of pyridine rings is 1. The molecule has 2 unspecified atom stereocenters. The summed E-state index contributed by atoms with van der Waals surface area (Å²) < 4.78 is 0. The quantitative estimate of drug-likeness (QED) is 0.845. The third-order valence-electron chi connectivity index (χ3n) is 4.47. The Morgan fingerprint density at radius 1 is 1.57 bits per heavy atom. The molecule has 0 spiro atoms. The fourth-order valence-corrected chi connectivity index (χ4v) is 3.03.